The summed E-state index contributed by atoms with van der Waals surface area (Å²) in [4.78, 5) is 8.74. The standard InChI is InChI=1S/C19H22BrN3/c1-2-22-10-12-23(13-11-22)19-8-6-18(7-9-19)21-15-16-4-3-5-17(20)14-16/h3-9,14-15H,2,10-13H2,1H3/p+1. The summed E-state index contributed by atoms with van der Waals surface area (Å²) in [6, 6.07) is 16.7. The number of benzene rings is 2. The molecule has 1 fully saturated rings. The van der Waals surface area contributed by atoms with Gasteiger partial charge in [0.25, 0.3) is 0 Å². The maximum atomic E-state index is 4.56. The van der Waals surface area contributed by atoms with Crippen molar-refractivity contribution in [2.75, 3.05) is 37.6 Å². The third-order valence-electron chi connectivity index (χ3n) is 4.40. The molecule has 1 N–H and O–H groups in total. The lowest BCUT2D eigenvalue weighted by molar-refractivity contribution is -0.898. The van der Waals surface area contributed by atoms with E-state index in [1.54, 1.807) is 4.90 Å². The summed E-state index contributed by atoms with van der Waals surface area (Å²) in [5.74, 6) is 0. The monoisotopic (exact) mass is 372 g/mol. The topological polar surface area (TPSA) is 20.0 Å². The Labute approximate surface area is 146 Å². The van der Waals surface area contributed by atoms with Crippen LogP contribution in [0.4, 0.5) is 11.4 Å². The minimum absolute atomic E-state index is 0.992. The molecule has 0 atom stereocenters. The molecule has 0 aromatic heterocycles. The molecule has 0 unspecified atom stereocenters. The number of rotatable bonds is 4. The van der Waals surface area contributed by atoms with Crippen LogP contribution in [0.3, 0.4) is 0 Å². The fourth-order valence-electron chi connectivity index (χ4n) is 2.92. The third-order valence-corrected chi connectivity index (χ3v) is 4.89. The number of hydrogen-bond acceptors (Lipinski definition) is 2. The Balaban J connectivity index is 1.63. The van der Waals surface area contributed by atoms with E-state index in [4.69, 9.17) is 0 Å². The molecule has 1 saturated heterocycles. The Kier molecular flexibility index (Phi) is 5.47. The molecule has 3 rings (SSSR count). The van der Waals surface area contributed by atoms with Crippen molar-refractivity contribution in [3.63, 3.8) is 0 Å². The van der Waals surface area contributed by atoms with Crippen LogP contribution in [-0.2, 0) is 0 Å². The molecule has 120 valence electrons. The summed E-state index contributed by atoms with van der Waals surface area (Å²) < 4.78 is 1.07. The second-order valence-corrected chi connectivity index (χ2v) is 6.84. The molecule has 0 amide bonds. The fourth-order valence-corrected chi connectivity index (χ4v) is 3.34. The number of nitrogens with zero attached hydrogens (tertiary/aromatic N) is 2. The van der Waals surface area contributed by atoms with E-state index in [-0.39, 0.29) is 0 Å². The van der Waals surface area contributed by atoms with Gasteiger partial charge in [0.15, 0.2) is 0 Å². The molecule has 0 spiro atoms. The van der Waals surface area contributed by atoms with Crippen LogP contribution in [0, 0.1) is 0 Å². The summed E-state index contributed by atoms with van der Waals surface area (Å²) in [6.45, 7) is 8.26. The third kappa shape index (κ3) is 4.43. The first-order chi connectivity index (χ1) is 11.2. The first-order valence-corrected chi connectivity index (χ1v) is 9.02. The van der Waals surface area contributed by atoms with Crippen LogP contribution >= 0.6 is 15.9 Å². The van der Waals surface area contributed by atoms with Crippen LogP contribution < -0.4 is 9.80 Å². The molecule has 2 aromatic carbocycles. The van der Waals surface area contributed by atoms with Gasteiger partial charge in [-0.3, -0.25) is 4.99 Å². The van der Waals surface area contributed by atoms with Gasteiger partial charge in [-0.25, -0.2) is 0 Å². The summed E-state index contributed by atoms with van der Waals surface area (Å²) >= 11 is 3.48. The van der Waals surface area contributed by atoms with E-state index in [1.165, 1.54) is 25.3 Å². The molecule has 23 heavy (non-hydrogen) atoms. The molecular formula is C19H23BrN3+. The smallest absolute Gasteiger partial charge is 0.0949 e. The van der Waals surface area contributed by atoms with Gasteiger partial charge in [-0.15, -0.1) is 0 Å². The average molecular weight is 373 g/mol. The van der Waals surface area contributed by atoms with Crippen molar-refractivity contribution in [1.82, 2.24) is 0 Å². The molecule has 1 heterocycles. The summed E-state index contributed by atoms with van der Waals surface area (Å²) in [5.41, 5.74) is 3.40. The minimum Gasteiger partial charge on any atom is -0.360 e. The molecule has 2 aromatic rings. The molecule has 0 bridgehead atoms. The normalized spacial score (nSPS) is 16.2. The van der Waals surface area contributed by atoms with Gasteiger partial charge in [-0.1, -0.05) is 28.1 Å². The fraction of sp³-hybridized carbons (Fsp3) is 0.316. The van der Waals surface area contributed by atoms with Crippen LogP contribution in [0.25, 0.3) is 0 Å². The van der Waals surface area contributed by atoms with E-state index in [0.717, 1.165) is 28.8 Å². The van der Waals surface area contributed by atoms with Gasteiger partial charge in [0.2, 0.25) is 0 Å². The van der Waals surface area contributed by atoms with Gasteiger partial charge in [0.1, 0.15) is 0 Å². The number of quaternary nitrogens is 1. The van der Waals surface area contributed by atoms with E-state index < -0.39 is 0 Å². The van der Waals surface area contributed by atoms with Crippen molar-refractivity contribution < 1.29 is 4.90 Å². The lowest BCUT2D eigenvalue weighted by atomic mass is 10.2. The highest BCUT2D eigenvalue weighted by Gasteiger charge is 2.18. The molecule has 3 nitrogen and oxygen atoms in total. The Morgan fingerprint density at radius 2 is 1.87 bits per heavy atom. The number of likely N-dealkylation sites (N-methyl/N-ethyl adjacent to an activating group) is 1. The largest absolute Gasteiger partial charge is 0.360 e. The van der Waals surface area contributed by atoms with E-state index in [2.05, 4.69) is 69.1 Å². The molecule has 4 heteroatoms. The van der Waals surface area contributed by atoms with Crippen molar-refractivity contribution in [2.45, 2.75) is 6.92 Å². The maximum absolute atomic E-state index is 4.56. The van der Waals surface area contributed by atoms with Crippen molar-refractivity contribution in [1.29, 1.82) is 0 Å². The van der Waals surface area contributed by atoms with Crippen molar-refractivity contribution >= 4 is 33.5 Å². The maximum Gasteiger partial charge on any atom is 0.0949 e. The molecule has 1 aliphatic heterocycles. The lowest BCUT2D eigenvalue weighted by Gasteiger charge is -2.33. The number of anilines is 1. The van der Waals surface area contributed by atoms with Gasteiger partial charge in [-0.2, -0.15) is 0 Å². The van der Waals surface area contributed by atoms with Crippen LogP contribution in [-0.4, -0.2) is 38.9 Å². The highest BCUT2D eigenvalue weighted by Crippen LogP contribution is 2.20. The number of piperazine rings is 1. The van der Waals surface area contributed by atoms with Gasteiger partial charge in [0.05, 0.1) is 38.4 Å². The van der Waals surface area contributed by atoms with E-state index in [1.807, 2.05) is 18.3 Å². The Bertz CT molecular complexity index is 659. The lowest BCUT2D eigenvalue weighted by Crippen LogP contribution is -3.14. The number of aliphatic imine (C=N–C) groups is 1. The quantitative estimate of drug-likeness (QED) is 0.818. The molecular weight excluding hydrogens is 350 g/mol. The minimum atomic E-state index is 0.992. The number of hydrogen-bond donors (Lipinski definition) is 1. The number of halogens is 1. The van der Waals surface area contributed by atoms with Gasteiger partial charge in [0, 0.05) is 16.4 Å². The molecule has 1 aliphatic rings. The zero-order valence-electron chi connectivity index (χ0n) is 13.5. The van der Waals surface area contributed by atoms with Crippen molar-refractivity contribution in [2.24, 2.45) is 4.99 Å². The van der Waals surface area contributed by atoms with Gasteiger partial charge < -0.3 is 9.80 Å². The van der Waals surface area contributed by atoms with E-state index in [0.29, 0.717) is 0 Å². The average Bonchev–Trinajstić information content (AvgIpc) is 2.61. The first-order valence-electron chi connectivity index (χ1n) is 8.23. The molecule has 0 radical (unpaired) electrons. The van der Waals surface area contributed by atoms with Crippen LogP contribution in [0.5, 0.6) is 0 Å². The van der Waals surface area contributed by atoms with Crippen LogP contribution in [0.1, 0.15) is 12.5 Å². The highest BCUT2D eigenvalue weighted by molar-refractivity contribution is 9.10. The molecule has 0 saturated carbocycles. The summed E-state index contributed by atoms with van der Waals surface area (Å²) in [5, 5.41) is 0. The van der Waals surface area contributed by atoms with Crippen LogP contribution in [0.2, 0.25) is 0 Å². The number of nitrogens with one attached hydrogen (secondary N) is 1. The van der Waals surface area contributed by atoms with E-state index in [9.17, 15) is 0 Å². The first kappa shape index (κ1) is 16.2. The Morgan fingerprint density at radius 1 is 1.13 bits per heavy atom. The second kappa shape index (κ2) is 7.75. The predicted molar refractivity (Wildman–Crippen MR) is 101 cm³/mol. The Hall–Kier alpha value is -1.65. The summed E-state index contributed by atoms with van der Waals surface area (Å²) in [7, 11) is 0. The molecule has 0 aliphatic carbocycles. The van der Waals surface area contributed by atoms with Gasteiger partial charge >= 0.3 is 0 Å². The Morgan fingerprint density at radius 3 is 2.52 bits per heavy atom. The highest BCUT2D eigenvalue weighted by atomic mass is 79.9. The van der Waals surface area contributed by atoms with Gasteiger partial charge in [-0.05, 0) is 48.9 Å². The predicted octanol–water partition coefficient (Wildman–Crippen LogP) is 2.92. The zero-order valence-corrected chi connectivity index (χ0v) is 15.1. The second-order valence-electron chi connectivity index (χ2n) is 5.92. The van der Waals surface area contributed by atoms with Crippen molar-refractivity contribution in [3.8, 4) is 0 Å². The summed E-state index contributed by atoms with van der Waals surface area (Å²) in [6.07, 6.45) is 1.91. The van der Waals surface area contributed by atoms with Crippen molar-refractivity contribution in [3.05, 3.63) is 58.6 Å². The zero-order chi connectivity index (χ0) is 16.1. The SMILES string of the molecule is CC[NH+]1CCN(c2ccc(N=Cc3cccc(Br)c3)cc2)CC1. The van der Waals surface area contributed by atoms with E-state index >= 15 is 0 Å². The van der Waals surface area contributed by atoms with Crippen LogP contribution in [0.15, 0.2) is 58.0 Å².